The van der Waals surface area contributed by atoms with Crippen LogP contribution in [0.3, 0.4) is 0 Å². The zero-order chi connectivity index (χ0) is 15.9. The standard InChI is InChI=1S/C16H15ClN2O3/c1-10(20)18-6-8-19(9-7-18)14-13(17)15(21)11-4-2-3-5-12(11)16(14)22/h2-5H,6-9H2,1H3. The lowest BCUT2D eigenvalue weighted by Crippen LogP contribution is -2.49. The second-order valence-corrected chi connectivity index (χ2v) is 5.74. The van der Waals surface area contributed by atoms with E-state index in [0.717, 1.165) is 0 Å². The molecule has 1 amide bonds. The maximum Gasteiger partial charge on any atom is 0.219 e. The molecule has 5 nitrogen and oxygen atoms in total. The fraction of sp³-hybridized carbons (Fsp3) is 0.312. The molecule has 22 heavy (non-hydrogen) atoms. The number of allylic oxidation sites excluding steroid dienone is 2. The molecule has 6 heteroatoms. The molecular formula is C16H15ClN2O3. The topological polar surface area (TPSA) is 57.7 Å². The molecule has 0 N–H and O–H groups in total. The predicted octanol–water partition coefficient (Wildman–Crippen LogP) is 1.68. The van der Waals surface area contributed by atoms with Crippen molar-refractivity contribution in [2.75, 3.05) is 26.2 Å². The lowest BCUT2D eigenvalue weighted by molar-refractivity contribution is -0.130. The number of benzene rings is 1. The number of rotatable bonds is 1. The van der Waals surface area contributed by atoms with E-state index in [2.05, 4.69) is 0 Å². The number of hydrogen-bond acceptors (Lipinski definition) is 4. The van der Waals surface area contributed by atoms with Crippen LogP contribution in [0, 0.1) is 0 Å². The summed E-state index contributed by atoms with van der Waals surface area (Å²) in [5, 5.41) is -0.0278. The highest BCUT2D eigenvalue weighted by atomic mass is 35.5. The van der Waals surface area contributed by atoms with Gasteiger partial charge >= 0.3 is 0 Å². The van der Waals surface area contributed by atoms with Gasteiger partial charge in [0.1, 0.15) is 10.7 Å². The molecule has 0 atom stereocenters. The van der Waals surface area contributed by atoms with Gasteiger partial charge in [0, 0.05) is 44.2 Å². The summed E-state index contributed by atoms with van der Waals surface area (Å²) in [6.07, 6.45) is 0. The number of carbonyl (C=O) groups is 3. The summed E-state index contributed by atoms with van der Waals surface area (Å²) in [4.78, 5) is 39.9. The van der Waals surface area contributed by atoms with Gasteiger partial charge in [0.15, 0.2) is 0 Å². The summed E-state index contributed by atoms with van der Waals surface area (Å²) < 4.78 is 0. The van der Waals surface area contributed by atoms with Crippen LogP contribution >= 0.6 is 11.6 Å². The minimum Gasteiger partial charge on any atom is -0.363 e. The monoisotopic (exact) mass is 318 g/mol. The van der Waals surface area contributed by atoms with Gasteiger partial charge in [-0.3, -0.25) is 14.4 Å². The number of ketones is 2. The Bertz CT molecular complexity index is 703. The lowest BCUT2D eigenvalue weighted by Gasteiger charge is -2.37. The maximum atomic E-state index is 12.7. The Kier molecular flexibility index (Phi) is 3.74. The van der Waals surface area contributed by atoms with Gasteiger partial charge in [-0.2, -0.15) is 0 Å². The molecule has 0 saturated carbocycles. The summed E-state index contributed by atoms with van der Waals surface area (Å²) in [5.41, 5.74) is 0.998. The molecule has 1 aliphatic carbocycles. The predicted molar refractivity (Wildman–Crippen MR) is 81.8 cm³/mol. The van der Waals surface area contributed by atoms with Crippen LogP contribution < -0.4 is 0 Å². The van der Waals surface area contributed by atoms with Crippen molar-refractivity contribution in [3.63, 3.8) is 0 Å². The van der Waals surface area contributed by atoms with E-state index in [9.17, 15) is 14.4 Å². The van der Waals surface area contributed by atoms with Crippen molar-refractivity contribution >= 4 is 29.1 Å². The molecule has 1 aromatic rings. The molecule has 0 aromatic heterocycles. The first-order valence-corrected chi connectivity index (χ1v) is 7.47. The first kappa shape index (κ1) is 14.8. The summed E-state index contributed by atoms with van der Waals surface area (Å²) in [7, 11) is 0. The van der Waals surface area contributed by atoms with Crippen LogP contribution in [0.5, 0.6) is 0 Å². The van der Waals surface area contributed by atoms with Crippen molar-refractivity contribution in [1.29, 1.82) is 0 Å². The summed E-state index contributed by atoms with van der Waals surface area (Å²) in [5.74, 6) is -0.534. The average Bonchev–Trinajstić information content (AvgIpc) is 2.53. The second kappa shape index (κ2) is 5.57. The van der Waals surface area contributed by atoms with Gasteiger partial charge in [-0.1, -0.05) is 35.9 Å². The van der Waals surface area contributed by atoms with Gasteiger partial charge in [0.25, 0.3) is 0 Å². The van der Waals surface area contributed by atoms with Crippen molar-refractivity contribution in [3.8, 4) is 0 Å². The van der Waals surface area contributed by atoms with Crippen LogP contribution in [0.2, 0.25) is 0 Å². The molecular weight excluding hydrogens is 304 g/mol. The minimum absolute atomic E-state index is 0.0103. The third kappa shape index (κ3) is 2.31. The van der Waals surface area contributed by atoms with Crippen LogP contribution in [0.4, 0.5) is 0 Å². The number of nitrogens with zero attached hydrogens (tertiary/aromatic N) is 2. The molecule has 1 aliphatic heterocycles. The molecule has 1 saturated heterocycles. The fourth-order valence-electron chi connectivity index (χ4n) is 2.86. The lowest BCUT2D eigenvalue weighted by atomic mass is 9.91. The molecule has 114 valence electrons. The molecule has 1 fully saturated rings. The van der Waals surface area contributed by atoms with Gasteiger partial charge in [0.05, 0.1) is 0 Å². The fourth-order valence-corrected chi connectivity index (χ4v) is 3.17. The van der Waals surface area contributed by atoms with Gasteiger partial charge in [-0.05, 0) is 0 Å². The van der Waals surface area contributed by atoms with Crippen LogP contribution in [0.1, 0.15) is 27.6 Å². The van der Waals surface area contributed by atoms with E-state index in [4.69, 9.17) is 11.6 Å². The highest BCUT2D eigenvalue weighted by Gasteiger charge is 2.35. The third-order valence-electron chi connectivity index (χ3n) is 4.08. The first-order valence-electron chi connectivity index (χ1n) is 7.09. The van der Waals surface area contributed by atoms with E-state index in [1.807, 2.05) is 0 Å². The molecule has 1 heterocycles. The number of hydrogen-bond donors (Lipinski definition) is 0. The second-order valence-electron chi connectivity index (χ2n) is 5.36. The van der Waals surface area contributed by atoms with Gasteiger partial charge in [0.2, 0.25) is 17.5 Å². The zero-order valence-electron chi connectivity index (χ0n) is 12.1. The third-order valence-corrected chi connectivity index (χ3v) is 4.43. The van der Waals surface area contributed by atoms with Crippen molar-refractivity contribution in [3.05, 3.63) is 46.1 Å². The van der Waals surface area contributed by atoms with Gasteiger partial charge in [-0.25, -0.2) is 0 Å². The highest BCUT2D eigenvalue weighted by molar-refractivity contribution is 6.49. The quantitative estimate of drug-likeness (QED) is 0.790. The number of halogens is 1. The number of fused-ring (bicyclic) bond motifs is 1. The Hall–Kier alpha value is -2.14. The van der Waals surface area contributed by atoms with Crippen LogP contribution in [-0.2, 0) is 4.79 Å². The molecule has 0 bridgehead atoms. The molecule has 0 unspecified atom stereocenters. The van der Waals surface area contributed by atoms with Crippen LogP contribution in [-0.4, -0.2) is 53.5 Å². The number of piperazine rings is 1. The van der Waals surface area contributed by atoms with Crippen LogP contribution in [0.25, 0.3) is 0 Å². The Morgan fingerprint density at radius 2 is 1.55 bits per heavy atom. The van der Waals surface area contributed by atoms with Crippen molar-refractivity contribution in [1.82, 2.24) is 9.80 Å². The molecule has 0 radical (unpaired) electrons. The van der Waals surface area contributed by atoms with Crippen molar-refractivity contribution in [2.24, 2.45) is 0 Å². The number of amides is 1. The van der Waals surface area contributed by atoms with E-state index in [1.54, 1.807) is 34.1 Å². The molecule has 3 rings (SSSR count). The molecule has 0 spiro atoms. The minimum atomic E-state index is -0.319. The molecule has 2 aliphatic rings. The Labute approximate surface area is 133 Å². The van der Waals surface area contributed by atoms with Gasteiger partial charge in [-0.15, -0.1) is 0 Å². The van der Waals surface area contributed by atoms with E-state index in [0.29, 0.717) is 37.3 Å². The maximum absolute atomic E-state index is 12.7. The van der Waals surface area contributed by atoms with Gasteiger partial charge < -0.3 is 9.80 Å². The Balaban J connectivity index is 1.92. The Morgan fingerprint density at radius 1 is 1.00 bits per heavy atom. The zero-order valence-corrected chi connectivity index (χ0v) is 12.9. The normalized spacial score (nSPS) is 18.6. The van der Waals surface area contributed by atoms with E-state index in [1.165, 1.54) is 6.92 Å². The van der Waals surface area contributed by atoms with Crippen LogP contribution in [0.15, 0.2) is 35.0 Å². The van der Waals surface area contributed by atoms with E-state index < -0.39 is 0 Å². The van der Waals surface area contributed by atoms with E-state index >= 15 is 0 Å². The smallest absolute Gasteiger partial charge is 0.219 e. The van der Waals surface area contributed by atoms with E-state index in [-0.39, 0.29) is 28.2 Å². The number of carbonyl (C=O) groups excluding carboxylic acids is 3. The summed E-state index contributed by atoms with van der Waals surface area (Å²) in [6.45, 7) is 3.55. The summed E-state index contributed by atoms with van der Waals surface area (Å²) in [6, 6.07) is 6.70. The molecule has 1 aromatic carbocycles. The highest BCUT2D eigenvalue weighted by Crippen LogP contribution is 2.30. The van der Waals surface area contributed by atoms with Crippen molar-refractivity contribution in [2.45, 2.75) is 6.92 Å². The number of Topliss-reactive ketones (excluding diaryl/α,β-unsaturated/α-hetero) is 2. The van der Waals surface area contributed by atoms with Crippen molar-refractivity contribution < 1.29 is 14.4 Å². The summed E-state index contributed by atoms with van der Waals surface area (Å²) >= 11 is 6.18. The SMILES string of the molecule is CC(=O)N1CCN(C2=C(Cl)C(=O)c3ccccc3C2=O)CC1. The largest absolute Gasteiger partial charge is 0.363 e. The average molecular weight is 319 g/mol. The first-order chi connectivity index (χ1) is 10.5. The Morgan fingerprint density at radius 3 is 2.09 bits per heavy atom.